The Morgan fingerprint density at radius 2 is 2.29 bits per heavy atom. The number of piperidine rings is 1. The van der Waals surface area contributed by atoms with Crippen molar-refractivity contribution >= 4 is 0 Å². The van der Waals surface area contributed by atoms with Gasteiger partial charge in [-0.15, -0.1) is 0 Å². The minimum absolute atomic E-state index is 0.322. The molecule has 1 fully saturated rings. The average Bonchev–Trinajstić information content (AvgIpc) is 2.75. The SMILES string of the molecule is CCn1cc(C(C)N2CC(C)CC(N)C2)cn1. The third-order valence-electron chi connectivity index (χ3n) is 3.73. The summed E-state index contributed by atoms with van der Waals surface area (Å²) in [5.41, 5.74) is 7.40. The van der Waals surface area contributed by atoms with Crippen LogP contribution in [0.2, 0.25) is 0 Å². The molecule has 96 valence electrons. The molecule has 2 rings (SSSR count). The van der Waals surface area contributed by atoms with Crippen LogP contribution in [-0.4, -0.2) is 33.8 Å². The van der Waals surface area contributed by atoms with E-state index in [1.54, 1.807) is 0 Å². The zero-order chi connectivity index (χ0) is 12.4. The predicted octanol–water partition coefficient (Wildman–Crippen LogP) is 1.63. The number of aryl methyl sites for hydroxylation is 1. The third kappa shape index (κ3) is 2.87. The van der Waals surface area contributed by atoms with Gasteiger partial charge in [0.05, 0.1) is 6.20 Å². The largest absolute Gasteiger partial charge is 0.327 e. The Bertz CT molecular complexity index is 350. The van der Waals surface area contributed by atoms with Crippen molar-refractivity contribution < 1.29 is 0 Å². The molecular formula is C13H24N4. The number of nitrogens with two attached hydrogens (primary N) is 1. The van der Waals surface area contributed by atoms with Gasteiger partial charge in [0.2, 0.25) is 0 Å². The quantitative estimate of drug-likeness (QED) is 0.867. The van der Waals surface area contributed by atoms with Crippen molar-refractivity contribution in [1.29, 1.82) is 0 Å². The summed E-state index contributed by atoms with van der Waals surface area (Å²) in [7, 11) is 0. The molecule has 0 aliphatic carbocycles. The normalized spacial score (nSPS) is 28.2. The van der Waals surface area contributed by atoms with Crippen molar-refractivity contribution in [2.45, 2.75) is 45.8 Å². The maximum Gasteiger partial charge on any atom is 0.0537 e. The van der Waals surface area contributed by atoms with Gasteiger partial charge in [0.25, 0.3) is 0 Å². The predicted molar refractivity (Wildman–Crippen MR) is 69.6 cm³/mol. The zero-order valence-electron chi connectivity index (χ0n) is 11.1. The molecule has 0 amide bonds. The van der Waals surface area contributed by atoms with Gasteiger partial charge >= 0.3 is 0 Å². The molecule has 1 saturated heterocycles. The summed E-state index contributed by atoms with van der Waals surface area (Å²) in [4.78, 5) is 2.48. The lowest BCUT2D eigenvalue weighted by atomic mass is 9.94. The van der Waals surface area contributed by atoms with Crippen LogP contribution in [0.4, 0.5) is 0 Å². The van der Waals surface area contributed by atoms with Gasteiger partial charge in [-0.2, -0.15) is 5.10 Å². The van der Waals surface area contributed by atoms with E-state index in [0.717, 1.165) is 26.1 Å². The molecule has 2 heterocycles. The molecule has 0 saturated carbocycles. The van der Waals surface area contributed by atoms with Crippen LogP contribution in [0.1, 0.15) is 38.8 Å². The standard InChI is InChI=1S/C13H24N4/c1-4-17-8-12(6-15-17)11(3)16-7-10(2)5-13(14)9-16/h6,8,10-11,13H,4-5,7,9,14H2,1-3H3. The maximum atomic E-state index is 6.10. The van der Waals surface area contributed by atoms with Gasteiger partial charge in [-0.25, -0.2) is 0 Å². The fourth-order valence-corrected chi connectivity index (χ4v) is 2.74. The summed E-state index contributed by atoms with van der Waals surface area (Å²) in [6.45, 7) is 9.73. The minimum atomic E-state index is 0.322. The topological polar surface area (TPSA) is 47.1 Å². The first-order chi connectivity index (χ1) is 8.10. The summed E-state index contributed by atoms with van der Waals surface area (Å²) in [6.07, 6.45) is 5.28. The fraction of sp³-hybridized carbons (Fsp3) is 0.769. The van der Waals surface area contributed by atoms with Crippen molar-refractivity contribution in [3.63, 3.8) is 0 Å². The van der Waals surface area contributed by atoms with E-state index in [9.17, 15) is 0 Å². The molecular weight excluding hydrogens is 212 g/mol. The molecule has 1 aliphatic heterocycles. The maximum absolute atomic E-state index is 6.10. The highest BCUT2D eigenvalue weighted by Gasteiger charge is 2.26. The molecule has 1 aliphatic rings. The molecule has 0 aromatic carbocycles. The smallest absolute Gasteiger partial charge is 0.0537 e. The van der Waals surface area contributed by atoms with E-state index < -0.39 is 0 Å². The van der Waals surface area contributed by atoms with E-state index in [4.69, 9.17) is 5.73 Å². The molecule has 0 spiro atoms. The minimum Gasteiger partial charge on any atom is -0.327 e. The lowest BCUT2D eigenvalue weighted by Gasteiger charge is -2.38. The molecule has 3 unspecified atom stereocenters. The van der Waals surface area contributed by atoms with E-state index in [1.165, 1.54) is 5.56 Å². The molecule has 4 nitrogen and oxygen atoms in total. The fourth-order valence-electron chi connectivity index (χ4n) is 2.74. The second-order valence-corrected chi connectivity index (χ2v) is 5.36. The van der Waals surface area contributed by atoms with E-state index >= 15 is 0 Å². The summed E-state index contributed by atoms with van der Waals surface area (Å²) < 4.78 is 1.99. The summed E-state index contributed by atoms with van der Waals surface area (Å²) >= 11 is 0. The molecule has 2 N–H and O–H groups in total. The number of nitrogens with zero attached hydrogens (tertiary/aromatic N) is 3. The lowest BCUT2D eigenvalue weighted by Crippen LogP contribution is -2.47. The average molecular weight is 236 g/mol. The summed E-state index contributed by atoms with van der Waals surface area (Å²) in [5, 5.41) is 4.35. The van der Waals surface area contributed by atoms with E-state index in [-0.39, 0.29) is 0 Å². The van der Waals surface area contributed by atoms with Crippen LogP contribution in [0.25, 0.3) is 0 Å². The second kappa shape index (κ2) is 5.19. The first kappa shape index (κ1) is 12.6. The molecule has 4 heteroatoms. The van der Waals surface area contributed by atoms with Crippen LogP contribution in [0.5, 0.6) is 0 Å². The first-order valence-electron chi connectivity index (χ1n) is 6.62. The highest BCUT2D eigenvalue weighted by molar-refractivity contribution is 5.10. The summed E-state index contributed by atoms with van der Waals surface area (Å²) in [5.74, 6) is 0.697. The Kier molecular flexibility index (Phi) is 3.84. The van der Waals surface area contributed by atoms with Crippen molar-refractivity contribution in [1.82, 2.24) is 14.7 Å². The van der Waals surface area contributed by atoms with Crippen molar-refractivity contribution in [2.75, 3.05) is 13.1 Å². The van der Waals surface area contributed by atoms with Crippen LogP contribution in [0.3, 0.4) is 0 Å². The number of hydrogen-bond donors (Lipinski definition) is 1. The van der Waals surface area contributed by atoms with E-state index in [1.807, 2.05) is 10.9 Å². The molecule has 17 heavy (non-hydrogen) atoms. The zero-order valence-corrected chi connectivity index (χ0v) is 11.1. The number of likely N-dealkylation sites (tertiary alicyclic amines) is 1. The van der Waals surface area contributed by atoms with Gasteiger partial charge in [0.1, 0.15) is 0 Å². The number of aromatic nitrogens is 2. The Hall–Kier alpha value is -0.870. The highest BCUT2D eigenvalue weighted by atomic mass is 15.3. The van der Waals surface area contributed by atoms with Crippen LogP contribution in [0.15, 0.2) is 12.4 Å². The highest BCUT2D eigenvalue weighted by Crippen LogP contribution is 2.25. The van der Waals surface area contributed by atoms with Crippen molar-refractivity contribution in [3.8, 4) is 0 Å². The molecule has 0 radical (unpaired) electrons. The van der Waals surface area contributed by atoms with Crippen LogP contribution >= 0.6 is 0 Å². The Morgan fingerprint density at radius 1 is 1.53 bits per heavy atom. The Balaban J connectivity index is 2.05. The van der Waals surface area contributed by atoms with Gasteiger partial charge in [-0.05, 0) is 26.2 Å². The second-order valence-electron chi connectivity index (χ2n) is 5.36. The van der Waals surface area contributed by atoms with Crippen molar-refractivity contribution in [3.05, 3.63) is 18.0 Å². The van der Waals surface area contributed by atoms with Crippen LogP contribution in [-0.2, 0) is 6.54 Å². The first-order valence-corrected chi connectivity index (χ1v) is 6.62. The lowest BCUT2D eigenvalue weighted by molar-refractivity contribution is 0.124. The molecule has 3 atom stereocenters. The van der Waals surface area contributed by atoms with Gasteiger partial charge in [-0.3, -0.25) is 9.58 Å². The third-order valence-corrected chi connectivity index (χ3v) is 3.73. The van der Waals surface area contributed by atoms with Crippen LogP contribution in [0, 0.1) is 5.92 Å². The van der Waals surface area contributed by atoms with E-state index in [2.05, 4.69) is 37.0 Å². The monoisotopic (exact) mass is 236 g/mol. The Labute approximate surface area is 104 Å². The Morgan fingerprint density at radius 3 is 2.88 bits per heavy atom. The molecule has 1 aromatic rings. The van der Waals surface area contributed by atoms with Gasteiger partial charge in [0.15, 0.2) is 0 Å². The number of hydrogen-bond acceptors (Lipinski definition) is 3. The van der Waals surface area contributed by atoms with Crippen molar-refractivity contribution in [2.24, 2.45) is 11.7 Å². The van der Waals surface area contributed by atoms with E-state index in [0.29, 0.717) is 18.0 Å². The molecule has 0 bridgehead atoms. The van der Waals surface area contributed by atoms with Gasteiger partial charge in [0, 0.05) is 43.5 Å². The van der Waals surface area contributed by atoms with Gasteiger partial charge in [-0.1, -0.05) is 6.92 Å². The molecule has 1 aromatic heterocycles. The van der Waals surface area contributed by atoms with Crippen LogP contribution < -0.4 is 5.73 Å². The summed E-state index contributed by atoms with van der Waals surface area (Å²) in [6, 6.07) is 0.742. The van der Waals surface area contributed by atoms with Gasteiger partial charge < -0.3 is 5.73 Å². The number of rotatable bonds is 3.